The number of hydrogen-bond acceptors (Lipinski definition) is 18. The molecular weight excluding hydrogens is 1140 g/mol. The lowest BCUT2D eigenvalue weighted by atomic mass is 9.96. The number of aliphatic hydroxyl groups is 11. The van der Waals surface area contributed by atoms with E-state index in [-0.39, 0.29) is 18.9 Å². The third-order valence-electron chi connectivity index (χ3n) is 17.6. The van der Waals surface area contributed by atoms with Gasteiger partial charge in [-0.25, -0.2) is 0 Å². The van der Waals surface area contributed by atoms with Gasteiger partial charge in [0.05, 0.1) is 38.6 Å². The Labute approximate surface area is 535 Å². The molecule has 0 aromatic heterocycles. The molecule has 0 aromatic rings. The minimum Gasteiger partial charge on any atom is -0.394 e. The molecule has 3 saturated heterocycles. The van der Waals surface area contributed by atoms with Crippen LogP contribution >= 0.6 is 0 Å². The van der Waals surface area contributed by atoms with Gasteiger partial charge in [-0.15, -0.1) is 0 Å². The second-order valence-corrected chi connectivity index (χ2v) is 25.3. The second kappa shape index (κ2) is 52.1. The highest BCUT2D eigenvalue weighted by molar-refractivity contribution is 5.76. The number of allylic oxidation sites excluding steroid dienone is 7. The van der Waals surface area contributed by atoms with E-state index in [2.05, 4.69) is 55.6 Å². The Kier molecular flexibility index (Phi) is 47.4. The largest absolute Gasteiger partial charge is 0.394 e. The molecule has 0 spiro atoms. The summed E-state index contributed by atoms with van der Waals surface area (Å²) < 4.78 is 34.2. The average Bonchev–Trinajstić information content (AvgIpc) is 2.14. The molecule has 3 rings (SSSR count). The normalized spacial score (nSPS) is 28.5. The van der Waals surface area contributed by atoms with E-state index >= 15 is 0 Å². The maximum absolute atomic E-state index is 13.3. The quantitative estimate of drug-likeness (QED) is 0.0199. The fraction of sp³-hybridized carbons (Fsp3) is 0.871. The van der Waals surface area contributed by atoms with Crippen LogP contribution in [-0.4, -0.2) is 193 Å². The van der Waals surface area contributed by atoms with Crippen LogP contribution in [0.15, 0.2) is 48.6 Å². The SMILES string of the molecule is CCCCCCC/C=C\C/C=C\C/C=C\CCCCCCCCCCCCCCCCCCCCCCCCC(=O)NC(COC1OC(CO)C(OC2OC(CO)C(OC3OC(CO)C(O)C(O)C3O)C(O)C2O)C(O)C1O)C(O)/C=C/CCCCCCC. The summed E-state index contributed by atoms with van der Waals surface area (Å²) in [5.41, 5.74) is 0. The van der Waals surface area contributed by atoms with Gasteiger partial charge in [0, 0.05) is 6.42 Å². The zero-order valence-corrected chi connectivity index (χ0v) is 54.9. The molecule has 3 aliphatic heterocycles. The molecule has 17 atom stereocenters. The lowest BCUT2D eigenvalue weighted by molar-refractivity contribution is -0.379. The highest BCUT2D eigenvalue weighted by Crippen LogP contribution is 2.33. The first-order valence-electron chi connectivity index (χ1n) is 35.4. The van der Waals surface area contributed by atoms with Crippen molar-refractivity contribution in [3.05, 3.63) is 48.6 Å². The number of amides is 1. The van der Waals surface area contributed by atoms with Crippen LogP contribution in [0, 0.1) is 0 Å². The van der Waals surface area contributed by atoms with Gasteiger partial charge in [0.1, 0.15) is 73.2 Å². The third-order valence-corrected chi connectivity index (χ3v) is 17.6. The second-order valence-electron chi connectivity index (χ2n) is 25.3. The first-order chi connectivity index (χ1) is 43.3. The Bertz CT molecular complexity index is 1800. The van der Waals surface area contributed by atoms with Crippen molar-refractivity contribution in [3.63, 3.8) is 0 Å². The molecule has 19 heteroatoms. The number of aliphatic hydroxyl groups excluding tert-OH is 11. The van der Waals surface area contributed by atoms with E-state index in [4.69, 9.17) is 28.4 Å². The van der Waals surface area contributed by atoms with Crippen molar-refractivity contribution in [1.82, 2.24) is 5.32 Å². The van der Waals surface area contributed by atoms with E-state index in [1.807, 2.05) is 6.08 Å². The molecule has 3 aliphatic rings. The van der Waals surface area contributed by atoms with Crippen molar-refractivity contribution in [1.29, 1.82) is 0 Å². The van der Waals surface area contributed by atoms with E-state index in [1.165, 1.54) is 161 Å². The molecule has 3 heterocycles. The number of hydrogen-bond donors (Lipinski definition) is 12. The fourth-order valence-electron chi connectivity index (χ4n) is 11.8. The first-order valence-corrected chi connectivity index (χ1v) is 35.4. The molecule has 0 aliphatic carbocycles. The van der Waals surface area contributed by atoms with Crippen LogP contribution in [0.1, 0.15) is 258 Å². The van der Waals surface area contributed by atoms with E-state index < -0.39 is 124 Å². The minimum absolute atomic E-state index is 0.245. The topological polar surface area (TPSA) is 307 Å². The minimum atomic E-state index is -1.98. The van der Waals surface area contributed by atoms with E-state index in [9.17, 15) is 61.0 Å². The Morgan fingerprint density at radius 1 is 0.404 bits per heavy atom. The summed E-state index contributed by atoms with van der Waals surface area (Å²) in [4.78, 5) is 13.3. The zero-order chi connectivity index (χ0) is 64.7. The number of carbonyl (C=O) groups is 1. The lowest BCUT2D eigenvalue weighted by Gasteiger charge is -2.48. The van der Waals surface area contributed by atoms with Gasteiger partial charge in [0.15, 0.2) is 18.9 Å². The van der Waals surface area contributed by atoms with Gasteiger partial charge in [-0.3, -0.25) is 4.79 Å². The predicted octanol–water partition coefficient (Wildman–Crippen LogP) is 9.39. The molecule has 19 nitrogen and oxygen atoms in total. The number of rotatable bonds is 54. The molecule has 17 unspecified atom stereocenters. The number of unbranched alkanes of at least 4 members (excludes halogenated alkanes) is 32. The molecule has 0 radical (unpaired) electrons. The average molecular weight is 1270 g/mol. The van der Waals surface area contributed by atoms with Crippen molar-refractivity contribution < 1.29 is 89.4 Å². The van der Waals surface area contributed by atoms with E-state index in [0.717, 1.165) is 70.6 Å². The van der Waals surface area contributed by atoms with Gasteiger partial charge in [-0.2, -0.15) is 0 Å². The summed E-state index contributed by atoms with van der Waals surface area (Å²) in [7, 11) is 0. The monoisotopic (exact) mass is 1270 g/mol. The summed E-state index contributed by atoms with van der Waals surface area (Å²) in [6, 6.07) is -0.969. The zero-order valence-electron chi connectivity index (χ0n) is 54.9. The molecule has 89 heavy (non-hydrogen) atoms. The van der Waals surface area contributed by atoms with Crippen molar-refractivity contribution >= 4 is 5.91 Å². The van der Waals surface area contributed by atoms with Gasteiger partial charge in [0.2, 0.25) is 5.91 Å². The number of carbonyl (C=O) groups excluding carboxylic acids is 1. The summed E-state index contributed by atoms with van der Waals surface area (Å²) in [6.45, 7) is 1.65. The smallest absolute Gasteiger partial charge is 0.220 e. The van der Waals surface area contributed by atoms with Crippen molar-refractivity contribution in [2.24, 2.45) is 0 Å². The van der Waals surface area contributed by atoms with Crippen molar-refractivity contribution in [2.45, 2.75) is 362 Å². The van der Waals surface area contributed by atoms with Crippen LogP contribution in [0.3, 0.4) is 0 Å². The van der Waals surface area contributed by atoms with Gasteiger partial charge in [-0.05, 0) is 57.8 Å². The molecular formula is C70H127NO18. The lowest BCUT2D eigenvalue weighted by Crippen LogP contribution is -2.66. The molecule has 0 bridgehead atoms. The van der Waals surface area contributed by atoms with Crippen LogP contribution in [-0.2, 0) is 33.2 Å². The standard InChI is InChI=1S/C70H127NO18/c1-3-5-7-9-11-12-13-14-15-16-17-18-19-20-21-22-23-24-25-26-27-28-29-30-31-32-33-34-35-36-37-38-39-40-42-44-46-48-58(76)71-53(54(75)47-45-43-41-10-8-6-4-2)52-84-68-64(82)61(79)66(56(50-73)86-68)89-70-65(83)62(80)67(57(51-74)87-70)88-69-63(81)60(78)59(77)55(49-72)85-69/h13-14,16-17,19-20,45,47,53-57,59-70,72-75,77-83H,3-12,15,18,21-44,46,48-52H2,1-2H3,(H,71,76)/b14-13-,17-16-,20-19-,47-45+. The fourth-order valence-corrected chi connectivity index (χ4v) is 11.8. The molecule has 0 aromatic carbocycles. The Balaban J connectivity index is 1.26. The number of nitrogens with one attached hydrogen (secondary N) is 1. The van der Waals surface area contributed by atoms with Crippen LogP contribution < -0.4 is 5.32 Å². The molecule has 12 N–H and O–H groups in total. The summed E-state index contributed by atoms with van der Waals surface area (Å²) in [5.74, 6) is -0.278. The molecule has 3 fully saturated rings. The Hall–Kier alpha value is -2.25. The highest BCUT2D eigenvalue weighted by Gasteiger charge is 2.53. The van der Waals surface area contributed by atoms with Crippen LogP contribution in [0.4, 0.5) is 0 Å². The summed E-state index contributed by atoms with van der Waals surface area (Å²) >= 11 is 0. The van der Waals surface area contributed by atoms with Gasteiger partial charge in [-0.1, -0.05) is 242 Å². The van der Waals surface area contributed by atoms with E-state index in [0.29, 0.717) is 6.42 Å². The number of ether oxygens (including phenoxy) is 6. The van der Waals surface area contributed by atoms with E-state index in [1.54, 1.807) is 6.08 Å². The van der Waals surface area contributed by atoms with Gasteiger partial charge < -0.3 is 89.9 Å². The maximum atomic E-state index is 13.3. The maximum Gasteiger partial charge on any atom is 0.220 e. The Morgan fingerprint density at radius 2 is 0.742 bits per heavy atom. The first kappa shape index (κ1) is 81.0. The van der Waals surface area contributed by atoms with Crippen LogP contribution in [0.2, 0.25) is 0 Å². The Morgan fingerprint density at radius 3 is 1.16 bits per heavy atom. The predicted molar refractivity (Wildman–Crippen MR) is 346 cm³/mol. The van der Waals surface area contributed by atoms with Crippen LogP contribution in [0.25, 0.3) is 0 Å². The van der Waals surface area contributed by atoms with Crippen LogP contribution in [0.5, 0.6) is 0 Å². The van der Waals surface area contributed by atoms with Gasteiger partial charge >= 0.3 is 0 Å². The third kappa shape index (κ3) is 34.1. The molecule has 0 saturated carbocycles. The van der Waals surface area contributed by atoms with Crippen molar-refractivity contribution in [3.8, 4) is 0 Å². The molecule has 520 valence electrons. The summed E-state index contributed by atoms with van der Waals surface area (Å²) in [6.07, 6.45) is 36.0. The highest BCUT2D eigenvalue weighted by atomic mass is 16.8. The van der Waals surface area contributed by atoms with Gasteiger partial charge in [0.25, 0.3) is 0 Å². The van der Waals surface area contributed by atoms with Crippen molar-refractivity contribution in [2.75, 3.05) is 26.4 Å². The molecule has 1 amide bonds. The summed E-state index contributed by atoms with van der Waals surface area (Å²) in [5, 5.41) is 120.